The molecule has 122 valence electrons. The molecule has 0 saturated heterocycles. The first kappa shape index (κ1) is 15.3. The molecule has 2 aromatic heterocycles. The molecular weight excluding hydrogens is 316 g/mol. The predicted octanol–water partition coefficient (Wildman–Crippen LogP) is 4.82. The van der Waals surface area contributed by atoms with Crippen molar-refractivity contribution in [3.05, 3.63) is 60.7 Å². The van der Waals surface area contributed by atoms with E-state index in [2.05, 4.69) is 49.3 Å². The Kier molecular flexibility index (Phi) is 4.51. The maximum Gasteiger partial charge on any atom is 0.107 e. The third kappa shape index (κ3) is 3.31. The van der Waals surface area contributed by atoms with Crippen LogP contribution in [-0.2, 0) is 6.42 Å². The molecule has 0 aliphatic heterocycles. The van der Waals surface area contributed by atoms with Gasteiger partial charge in [0.2, 0.25) is 0 Å². The van der Waals surface area contributed by atoms with E-state index in [-0.39, 0.29) is 0 Å². The van der Waals surface area contributed by atoms with Gasteiger partial charge in [-0.25, -0.2) is 9.97 Å². The van der Waals surface area contributed by atoms with Crippen molar-refractivity contribution in [2.75, 3.05) is 5.75 Å². The number of H-pyrrole nitrogens is 1. The number of para-hydroxylation sites is 4. The number of aromatic nitrogens is 4. The third-order valence-electron chi connectivity index (χ3n) is 4.15. The topological polar surface area (TPSA) is 46.5 Å². The van der Waals surface area contributed by atoms with Crippen LogP contribution in [0.2, 0.25) is 0 Å². The molecule has 0 bridgehead atoms. The lowest BCUT2D eigenvalue weighted by Crippen LogP contribution is -1.91. The zero-order valence-corrected chi connectivity index (χ0v) is 14.3. The number of benzene rings is 2. The van der Waals surface area contributed by atoms with Gasteiger partial charge in [0.15, 0.2) is 0 Å². The van der Waals surface area contributed by atoms with Crippen molar-refractivity contribution in [2.24, 2.45) is 0 Å². The van der Waals surface area contributed by atoms with Crippen molar-refractivity contribution in [3.8, 4) is 0 Å². The first-order valence-corrected chi connectivity index (χ1v) is 9.33. The first-order chi connectivity index (χ1) is 11.9. The van der Waals surface area contributed by atoms with Crippen LogP contribution in [-0.4, -0.2) is 24.7 Å². The Labute approximate surface area is 145 Å². The zero-order valence-electron chi connectivity index (χ0n) is 13.5. The summed E-state index contributed by atoms with van der Waals surface area (Å²) in [6.07, 6.45) is 6.54. The van der Waals surface area contributed by atoms with E-state index in [0.717, 1.165) is 34.5 Å². The fourth-order valence-electron chi connectivity index (χ4n) is 2.90. The van der Waals surface area contributed by atoms with E-state index < -0.39 is 0 Å². The number of hydrogen-bond donors (Lipinski definition) is 1. The van der Waals surface area contributed by atoms with E-state index in [9.17, 15) is 0 Å². The Balaban J connectivity index is 1.22. The average Bonchev–Trinajstić information content (AvgIpc) is 3.21. The number of rotatable bonds is 7. The van der Waals surface area contributed by atoms with Crippen LogP contribution in [0, 0.1) is 0 Å². The summed E-state index contributed by atoms with van der Waals surface area (Å²) in [4.78, 5) is 12.5. The summed E-state index contributed by atoms with van der Waals surface area (Å²) in [6, 6.07) is 16.5. The van der Waals surface area contributed by atoms with Gasteiger partial charge >= 0.3 is 0 Å². The third-order valence-corrected chi connectivity index (χ3v) is 5.19. The minimum Gasteiger partial charge on any atom is -0.342 e. The quantitative estimate of drug-likeness (QED) is 0.492. The molecule has 4 aromatic rings. The Morgan fingerprint density at radius 2 is 1.75 bits per heavy atom. The highest BCUT2D eigenvalue weighted by atomic mass is 32.2. The molecule has 0 fully saturated rings. The molecule has 0 aliphatic rings. The summed E-state index contributed by atoms with van der Waals surface area (Å²) in [5, 5.41) is 0. The summed E-state index contributed by atoms with van der Waals surface area (Å²) < 4.78 is 2.18. The lowest BCUT2D eigenvalue weighted by molar-refractivity contribution is 0.704. The van der Waals surface area contributed by atoms with E-state index in [0.29, 0.717) is 0 Å². The van der Waals surface area contributed by atoms with Crippen LogP contribution in [0.3, 0.4) is 0 Å². The summed E-state index contributed by atoms with van der Waals surface area (Å²) in [5.41, 5.74) is 4.46. The van der Waals surface area contributed by atoms with E-state index in [1.165, 1.54) is 24.8 Å². The van der Waals surface area contributed by atoms with E-state index >= 15 is 0 Å². The van der Waals surface area contributed by atoms with Gasteiger partial charge in [0.25, 0.3) is 0 Å². The number of imidazole rings is 2. The van der Waals surface area contributed by atoms with Crippen molar-refractivity contribution in [2.45, 2.75) is 25.7 Å². The van der Waals surface area contributed by atoms with Gasteiger partial charge < -0.3 is 4.98 Å². The normalized spacial score (nSPS) is 11.5. The Bertz CT molecular complexity index is 908. The second-order valence-electron chi connectivity index (χ2n) is 5.90. The summed E-state index contributed by atoms with van der Waals surface area (Å²) in [5.74, 6) is 2.21. The highest BCUT2D eigenvalue weighted by molar-refractivity contribution is 7.97. The molecule has 4 nitrogen and oxygen atoms in total. The maximum atomic E-state index is 4.63. The van der Waals surface area contributed by atoms with Gasteiger partial charge in [0.05, 0.1) is 22.1 Å². The SMILES string of the molecule is c1ccc2[nH]c(CCCCCSn3cnc4ccccc43)nc2c1. The second-order valence-corrected chi connectivity index (χ2v) is 6.96. The zero-order chi connectivity index (χ0) is 16.2. The summed E-state index contributed by atoms with van der Waals surface area (Å²) >= 11 is 1.84. The summed E-state index contributed by atoms with van der Waals surface area (Å²) in [7, 11) is 0. The van der Waals surface area contributed by atoms with Gasteiger partial charge in [-0.2, -0.15) is 0 Å². The number of aromatic amines is 1. The van der Waals surface area contributed by atoms with Crippen LogP contribution < -0.4 is 0 Å². The number of aryl methyl sites for hydroxylation is 1. The highest BCUT2D eigenvalue weighted by Gasteiger charge is 2.03. The maximum absolute atomic E-state index is 4.63. The number of nitrogens with one attached hydrogen (secondary N) is 1. The molecule has 0 unspecified atom stereocenters. The molecule has 4 rings (SSSR count). The van der Waals surface area contributed by atoms with E-state index in [4.69, 9.17) is 0 Å². The van der Waals surface area contributed by atoms with Crippen molar-refractivity contribution in [3.63, 3.8) is 0 Å². The molecule has 0 aliphatic carbocycles. The highest BCUT2D eigenvalue weighted by Crippen LogP contribution is 2.19. The van der Waals surface area contributed by atoms with Crippen LogP contribution in [0.15, 0.2) is 54.9 Å². The van der Waals surface area contributed by atoms with Gasteiger partial charge in [0, 0.05) is 12.2 Å². The molecule has 0 saturated carbocycles. The molecule has 24 heavy (non-hydrogen) atoms. The van der Waals surface area contributed by atoms with Gasteiger partial charge in [-0.05, 0) is 49.1 Å². The van der Waals surface area contributed by atoms with Gasteiger partial charge in [0.1, 0.15) is 12.2 Å². The molecule has 1 N–H and O–H groups in total. The largest absolute Gasteiger partial charge is 0.342 e. The van der Waals surface area contributed by atoms with E-state index in [1.807, 2.05) is 36.5 Å². The van der Waals surface area contributed by atoms with Crippen molar-refractivity contribution < 1.29 is 0 Å². The fourth-order valence-corrected chi connectivity index (χ4v) is 3.83. The molecule has 2 heterocycles. The van der Waals surface area contributed by atoms with Crippen molar-refractivity contribution in [1.82, 2.24) is 18.9 Å². The molecule has 5 heteroatoms. The Morgan fingerprint density at radius 1 is 0.917 bits per heavy atom. The monoisotopic (exact) mass is 336 g/mol. The number of unbranched alkanes of at least 4 members (excludes halogenated alkanes) is 2. The number of hydrogen-bond acceptors (Lipinski definition) is 3. The predicted molar refractivity (Wildman–Crippen MR) is 101 cm³/mol. The van der Waals surface area contributed by atoms with Gasteiger partial charge in [-0.1, -0.05) is 30.7 Å². The minimum atomic E-state index is 1.02. The molecule has 2 aromatic carbocycles. The Hall–Kier alpha value is -2.27. The fraction of sp³-hybridized carbons (Fsp3) is 0.263. The molecule has 0 spiro atoms. The first-order valence-electron chi connectivity index (χ1n) is 8.39. The molecule has 0 amide bonds. The summed E-state index contributed by atoms with van der Waals surface area (Å²) in [6.45, 7) is 0. The van der Waals surface area contributed by atoms with Crippen LogP contribution >= 0.6 is 11.9 Å². The second kappa shape index (κ2) is 7.09. The lowest BCUT2D eigenvalue weighted by Gasteiger charge is -2.03. The molecule has 0 atom stereocenters. The van der Waals surface area contributed by atoms with Gasteiger partial charge in [-0.3, -0.25) is 3.97 Å². The number of nitrogens with zero attached hydrogens (tertiary/aromatic N) is 3. The van der Waals surface area contributed by atoms with Crippen LogP contribution in [0.1, 0.15) is 25.1 Å². The molecular formula is C19H20N4S. The van der Waals surface area contributed by atoms with Crippen LogP contribution in [0.4, 0.5) is 0 Å². The van der Waals surface area contributed by atoms with Crippen molar-refractivity contribution in [1.29, 1.82) is 0 Å². The number of fused-ring (bicyclic) bond motifs is 2. The molecule has 0 radical (unpaired) electrons. The lowest BCUT2D eigenvalue weighted by atomic mass is 10.2. The average molecular weight is 336 g/mol. The smallest absolute Gasteiger partial charge is 0.107 e. The van der Waals surface area contributed by atoms with E-state index in [1.54, 1.807) is 0 Å². The van der Waals surface area contributed by atoms with Crippen LogP contribution in [0.5, 0.6) is 0 Å². The van der Waals surface area contributed by atoms with Crippen molar-refractivity contribution >= 4 is 34.0 Å². The van der Waals surface area contributed by atoms with Gasteiger partial charge in [-0.15, -0.1) is 0 Å². The van der Waals surface area contributed by atoms with Crippen LogP contribution in [0.25, 0.3) is 22.1 Å². The Morgan fingerprint density at radius 3 is 2.67 bits per heavy atom. The minimum absolute atomic E-state index is 1.02. The standard InChI is InChI=1S/C19H20N4S/c1(2-12-19-21-15-8-3-4-9-16(15)22-19)7-13-24-23-14-20-17-10-5-6-11-18(17)23/h3-6,8-11,14H,1-2,7,12-13H2,(H,21,22).